The molecule has 0 aliphatic rings. The van der Waals surface area contributed by atoms with Gasteiger partial charge in [-0.25, -0.2) is 8.42 Å². The molecule has 1 heterocycles. The Hall–Kier alpha value is -1.55. The van der Waals surface area contributed by atoms with E-state index in [0.717, 1.165) is 18.3 Å². The lowest BCUT2D eigenvalue weighted by molar-refractivity contribution is -0.138. The third kappa shape index (κ3) is 3.38. The SMILES string of the molecule is Cc1[nH]ncc1S(=O)(=O)Nc1ccc(Br)c(C(F)(F)F)c1. The zero-order valence-corrected chi connectivity index (χ0v) is 12.9. The van der Waals surface area contributed by atoms with Gasteiger partial charge in [0.2, 0.25) is 0 Å². The van der Waals surface area contributed by atoms with E-state index in [-0.39, 0.29) is 20.7 Å². The molecule has 5 nitrogen and oxygen atoms in total. The first-order valence-corrected chi connectivity index (χ1v) is 7.78. The maximum atomic E-state index is 12.8. The molecule has 2 N–H and O–H groups in total. The van der Waals surface area contributed by atoms with Gasteiger partial charge in [0.25, 0.3) is 10.0 Å². The second-order valence-corrected chi connectivity index (χ2v) is 6.66. The molecule has 0 amide bonds. The molecule has 2 rings (SSSR count). The molecule has 0 unspecified atom stereocenters. The van der Waals surface area contributed by atoms with Crippen molar-refractivity contribution in [3.8, 4) is 0 Å². The number of alkyl halides is 3. The molecule has 1 aromatic heterocycles. The van der Waals surface area contributed by atoms with Crippen LogP contribution in [0.5, 0.6) is 0 Å². The van der Waals surface area contributed by atoms with Gasteiger partial charge in [-0.1, -0.05) is 15.9 Å². The lowest BCUT2D eigenvalue weighted by atomic mass is 10.2. The molecule has 0 saturated heterocycles. The van der Waals surface area contributed by atoms with Crippen molar-refractivity contribution in [2.24, 2.45) is 0 Å². The van der Waals surface area contributed by atoms with Gasteiger partial charge in [0.1, 0.15) is 4.90 Å². The highest BCUT2D eigenvalue weighted by molar-refractivity contribution is 9.10. The predicted octanol–water partition coefficient (Wildman–Crippen LogP) is 3.30. The van der Waals surface area contributed by atoms with E-state index in [1.165, 1.54) is 13.0 Å². The van der Waals surface area contributed by atoms with E-state index in [1.54, 1.807) is 0 Å². The zero-order valence-electron chi connectivity index (χ0n) is 10.5. The van der Waals surface area contributed by atoms with E-state index < -0.39 is 21.8 Å². The van der Waals surface area contributed by atoms with E-state index in [9.17, 15) is 21.6 Å². The van der Waals surface area contributed by atoms with E-state index in [0.29, 0.717) is 0 Å². The summed E-state index contributed by atoms with van der Waals surface area (Å²) in [5, 5.41) is 6.02. The minimum absolute atomic E-state index is 0.126. The topological polar surface area (TPSA) is 74.8 Å². The van der Waals surface area contributed by atoms with Crippen molar-refractivity contribution in [2.45, 2.75) is 18.0 Å². The highest BCUT2D eigenvalue weighted by Crippen LogP contribution is 2.36. The first kappa shape index (κ1) is 15.8. The van der Waals surface area contributed by atoms with Crippen LogP contribution in [-0.2, 0) is 16.2 Å². The highest BCUT2D eigenvalue weighted by Gasteiger charge is 2.33. The Balaban J connectivity index is 2.39. The van der Waals surface area contributed by atoms with Crippen molar-refractivity contribution in [3.63, 3.8) is 0 Å². The van der Waals surface area contributed by atoms with Crippen LogP contribution in [0.4, 0.5) is 18.9 Å². The number of anilines is 1. The van der Waals surface area contributed by atoms with Crippen molar-refractivity contribution in [3.05, 3.63) is 40.1 Å². The standard InChI is InChI=1S/C11H9BrF3N3O2S/c1-6-10(5-16-17-6)21(19,20)18-7-2-3-9(12)8(4-7)11(13,14)15/h2-5,18H,1H3,(H,16,17). The maximum absolute atomic E-state index is 12.8. The van der Waals surface area contributed by atoms with Crippen LogP contribution in [-0.4, -0.2) is 18.6 Å². The second-order valence-electron chi connectivity index (χ2n) is 4.16. The predicted molar refractivity (Wildman–Crippen MR) is 73.3 cm³/mol. The summed E-state index contributed by atoms with van der Waals surface area (Å²) in [7, 11) is -4.00. The van der Waals surface area contributed by atoms with Gasteiger partial charge in [-0.2, -0.15) is 18.3 Å². The highest BCUT2D eigenvalue weighted by atomic mass is 79.9. The Morgan fingerprint density at radius 1 is 1.33 bits per heavy atom. The van der Waals surface area contributed by atoms with Gasteiger partial charge in [0, 0.05) is 10.2 Å². The van der Waals surface area contributed by atoms with Crippen LogP contribution in [0, 0.1) is 6.92 Å². The normalized spacial score (nSPS) is 12.4. The Labute approximate surface area is 126 Å². The minimum Gasteiger partial charge on any atom is -0.281 e. The summed E-state index contributed by atoms with van der Waals surface area (Å²) < 4.78 is 64.4. The molecule has 2 aromatic rings. The summed E-state index contributed by atoms with van der Waals surface area (Å²) in [4.78, 5) is -0.126. The molecule has 0 aliphatic heterocycles. The Bertz CT molecular complexity index is 771. The fourth-order valence-electron chi connectivity index (χ4n) is 1.63. The van der Waals surface area contributed by atoms with E-state index in [1.807, 2.05) is 0 Å². The summed E-state index contributed by atoms with van der Waals surface area (Å²) in [6.45, 7) is 1.49. The van der Waals surface area contributed by atoms with E-state index in [2.05, 4.69) is 30.8 Å². The Morgan fingerprint density at radius 3 is 2.52 bits per heavy atom. The average Bonchev–Trinajstić information content (AvgIpc) is 2.77. The van der Waals surface area contributed by atoms with Gasteiger partial charge in [-0.15, -0.1) is 0 Å². The van der Waals surface area contributed by atoms with Crippen molar-refractivity contribution >= 4 is 31.6 Å². The Kier molecular flexibility index (Phi) is 4.02. The number of rotatable bonds is 3. The smallest absolute Gasteiger partial charge is 0.281 e. The number of aryl methyl sites for hydroxylation is 1. The molecule has 0 spiro atoms. The van der Waals surface area contributed by atoms with Crippen molar-refractivity contribution < 1.29 is 21.6 Å². The lowest BCUT2D eigenvalue weighted by Crippen LogP contribution is -2.14. The van der Waals surface area contributed by atoms with E-state index in [4.69, 9.17) is 0 Å². The third-order valence-corrected chi connectivity index (χ3v) is 4.78. The quantitative estimate of drug-likeness (QED) is 0.853. The van der Waals surface area contributed by atoms with Gasteiger partial charge in [-0.05, 0) is 25.1 Å². The number of halogens is 4. The van der Waals surface area contributed by atoms with Crippen molar-refractivity contribution in [1.82, 2.24) is 10.2 Å². The molecule has 21 heavy (non-hydrogen) atoms. The fraction of sp³-hybridized carbons (Fsp3) is 0.182. The van der Waals surface area contributed by atoms with Crippen molar-refractivity contribution in [1.29, 1.82) is 0 Å². The van der Waals surface area contributed by atoms with Crippen LogP contribution in [0.25, 0.3) is 0 Å². The van der Waals surface area contributed by atoms with Crippen LogP contribution >= 0.6 is 15.9 Å². The van der Waals surface area contributed by atoms with Crippen LogP contribution in [0.1, 0.15) is 11.3 Å². The first-order valence-electron chi connectivity index (χ1n) is 5.51. The number of nitrogens with one attached hydrogen (secondary N) is 2. The van der Waals surface area contributed by atoms with Gasteiger partial charge in [0.05, 0.1) is 17.5 Å². The molecule has 0 radical (unpaired) electrons. The summed E-state index contributed by atoms with van der Waals surface area (Å²) >= 11 is 2.78. The number of nitrogens with zero attached hydrogens (tertiary/aromatic N) is 1. The molecule has 0 atom stereocenters. The number of aromatic amines is 1. The number of aromatic nitrogens is 2. The number of hydrogen-bond donors (Lipinski definition) is 2. The molecule has 114 valence electrons. The molecule has 1 aromatic carbocycles. The lowest BCUT2D eigenvalue weighted by Gasteiger charge is -2.12. The largest absolute Gasteiger partial charge is 0.417 e. The van der Waals surface area contributed by atoms with Gasteiger partial charge < -0.3 is 0 Å². The molecule has 0 bridgehead atoms. The number of benzene rings is 1. The second kappa shape index (κ2) is 5.34. The molecule has 0 aliphatic carbocycles. The minimum atomic E-state index is -4.59. The molecule has 10 heteroatoms. The van der Waals surface area contributed by atoms with Crippen LogP contribution < -0.4 is 4.72 Å². The first-order chi connectivity index (χ1) is 9.61. The molecular weight excluding hydrogens is 375 g/mol. The average molecular weight is 384 g/mol. The van der Waals surface area contributed by atoms with Crippen LogP contribution in [0.2, 0.25) is 0 Å². The van der Waals surface area contributed by atoms with Crippen LogP contribution in [0.15, 0.2) is 33.8 Å². The molecule has 0 saturated carbocycles. The summed E-state index contributed by atoms with van der Waals surface area (Å²) in [5.74, 6) is 0. The summed E-state index contributed by atoms with van der Waals surface area (Å²) in [6, 6.07) is 3.08. The maximum Gasteiger partial charge on any atom is 0.417 e. The van der Waals surface area contributed by atoms with Gasteiger partial charge >= 0.3 is 6.18 Å². The number of H-pyrrole nitrogens is 1. The number of hydrogen-bond acceptors (Lipinski definition) is 3. The fourth-order valence-corrected chi connectivity index (χ4v) is 3.29. The summed E-state index contributed by atoms with van der Waals surface area (Å²) in [5.41, 5.74) is -0.867. The molecule has 0 fully saturated rings. The van der Waals surface area contributed by atoms with Gasteiger partial charge in [-0.3, -0.25) is 9.82 Å². The summed E-state index contributed by atoms with van der Waals surface area (Å²) in [6.07, 6.45) is -3.51. The van der Waals surface area contributed by atoms with E-state index >= 15 is 0 Å². The number of sulfonamides is 1. The van der Waals surface area contributed by atoms with Crippen molar-refractivity contribution in [2.75, 3.05) is 4.72 Å². The third-order valence-electron chi connectivity index (χ3n) is 2.60. The zero-order chi connectivity index (χ0) is 15.8. The van der Waals surface area contributed by atoms with Crippen LogP contribution in [0.3, 0.4) is 0 Å². The monoisotopic (exact) mass is 383 g/mol. The van der Waals surface area contributed by atoms with Gasteiger partial charge in [0.15, 0.2) is 0 Å². The Morgan fingerprint density at radius 2 is 2.00 bits per heavy atom. The molecular formula is C11H9BrF3N3O2S.